The maximum absolute atomic E-state index is 5.47. The van der Waals surface area contributed by atoms with Crippen molar-refractivity contribution in [2.24, 2.45) is 4.99 Å². The molecule has 1 aromatic rings. The molecule has 1 unspecified atom stereocenters. The Morgan fingerprint density at radius 3 is 2.32 bits per heavy atom. The highest BCUT2D eigenvalue weighted by atomic mass is 16.5. The van der Waals surface area contributed by atoms with E-state index in [0.717, 1.165) is 17.9 Å². The third-order valence-electron chi connectivity index (χ3n) is 3.45. The Labute approximate surface area is 132 Å². The summed E-state index contributed by atoms with van der Waals surface area (Å²) >= 11 is 0. The molecule has 0 fully saturated rings. The third kappa shape index (κ3) is 4.44. The van der Waals surface area contributed by atoms with Crippen LogP contribution >= 0.6 is 0 Å². The van der Waals surface area contributed by atoms with Gasteiger partial charge in [0, 0.05) is 25.2 Å². The molecule has 0 aliphatic rings. The number of aliphatic imine (C=N–C) groups is 1. The van der Waals surface area contributed by atoms with E-state index < -0.39 is 0 Å². The molecular weight excluding hydrogens is 282 g/mol. The number of benzene rings is 1. The number of guanidine groups is 1. The summed E-state index contributed by atoms with van der Waals surface area (Å²) in [5.41, 5.74) is 0.965. The molecule has 0 radical (unpaired) electrons. The molecule has 0 saturated heterocycles. The van der Waals surface area contributed by atoms with Crippen molar-refractivity contribution in [2.75, 3.05) is 28.4 Å². The molecule has 124 valence electrons. The minimum atomic E-state index is 0.360. The Morgan fingerprint density at radius 2 is 1.82 bits per heavy atom. The van der Waals surface area contributed by atoms with Crippen LogP contribution in [0.5, 0.6) is 17.2 Å². The summed E-state index contributed by atoms with van der Waals surface area (Å²) in [6.07, 6.45) is 1.03. The maximum Gasteiger partial charge on any atom is 0.203 e. The number of nitrogens with zero attached hydrogens (tertiary/aromatic N) is 1. The number of rotatable bonds is 7. The monoisotopic (exact) mass is 309 g/mol. The molecule has 1 atom stereocenters. The molecule has 2 N–H and O–H groups in total. The van der Waals surface area contributed by atoms with Crippen LogP contribution in [0.25, 0.3) is 0 Å². The van der Waals surface area contributed by atoms with Gasteiger partial charge in [-0.3, -0.25) is 4.99 Å². The first-order valence-corrected chi connectivity index (χ1v) is 7.36. The van der Waals surface area contributed by atoms with E-state index in [0.29, 0.717) is 29.8 Å². The molecule has 0 saturated carbocycles. The van der Waals surface area contributed by atoms with Crippen molar-refractivity contribution in [1.82, 2.24) is 10.6 Å². The Morgan fingerprint density at radius 1 is 1.14 bits per heavy atom. The van der Waals surface area contributed by atoms with Crippen LogP contribution in [0.3, 0.4) is 0 Å². The zero-order valence-electron chi connectivity index (χ0n) is 14.3. The molecule has 0 aliphatic heterocycles. The van der Waals surface area contributed by atoms with E-state index in [4.69, 9.17) is 14.2 Å². The van der Waals surface area contributed by atoms with Crippen molar-refractivity contribution in [3.05, 3.63) is 17.7 Å². The highest BCUT2D eigenvalue weighted by molar-refractivity contribution is 5.80. The van der Waals surface area contributed by atoms with Crippen molar-refractivity contribution in [3.63, 3.8) is 0 Å². The fourth-order valence-electron chi connectivity index (χ4n) is 2.01. The van der Waals surface area contributed by atoms with Crippen molar-refractivity contribution >= 4 is 5.96 Å². The first kappa shape index (κ1) is 17.9. The molecule has 0 spiro atoms. The highest BCUT2D eigenvalue weighted by Gasteiger charge is 2.16. The minimum absolute atomic E-state index is 0.360. The lowest BCUT2D eigenvalue weighted by Gasteiger charge is -2.19. The van der Waals surface area contributed by atoms with E-state index >= 15 is 0 Å². The summed E-state index contributed by atoms with van der Waals surface area (Å²) < 4.78 is 16.1. The van der Waals surface area contributed by atoms with Gasteiger partial charge in [-0.05, 0) is 25.5 Å². The Balaban J connectivity index is 2.89. The molecule has 1 aromatic carbocycles. The SMILES string of the molecule is CCC(C)NC(=NC)NCc1ccc(OC)c(OC)c1OC. The van der Waals surface area contributed by atoms with Crippen LogP contribution in [0, 0.1) is 0 Å². The second-order valence-electron chi connectivity index (χ2n) is 4.87. The molecule has 6 nitrogen and oxygen atoms in total. The summed E-state index contributed by atoms with van der Waals surface area (Å²) in [5.74, 6) is 2.65. The zero-order valence-corrected chi connectivity index (χ0v) is 14.3. The number of hydrogen-bond donors (Lipinski definition) is 2. The molecule has 0 aromatic heterocycles. The van der Waals surface area contributed by atoms with Crippen LogP contribution in [0.15, 0.2) is 17.1 Å². The van der Waals surface area contributed by atoms with Gasteiger partial charge in [-0.1, -0.05) is 6.92 Å². The Bertz CT molecular complexity index is 504. The topological polar surface area (TPSA) is 64.1 Å². The predicted octanol–water partition coefficient (Wildman–Crippen LogP) is 2.18. The Hall–Kier alpha value is -2.11. The van der Waals surface area contributed by atoms with Gasteiger partial charge in [-0.2, -0.15) is 0 Å². The first-order chi connectivity index (χ1) is 10.6. The zero-order chi connectivity index (χ0) is 16.5. The van der Waals surface area contributed by atoms with E-state index in [9.17, 15) is 0 Å². The van der Waals surface area contributed by atoms with Gasteiger partial charge in [0.1, 0.15) is 0 Å². The normalized spacial score (nSPS) is 12.5. The molecule has 22 heavy (non-hydrogen) atoms. The highest BCUT2D eigenvalue weighted by Crippen LogP contribution is 2.39. The summed E-state index contributed by atoms with van der Waals surface area (Å²) in [7, 11) is 6.57. The largest absolute Gasteiger partial charge is 0.493 e. The summed E-state index contributed by atoms with van der Waals surface area (Å²) in [5, 5.41) is 6.59. The Kier molecular flexibility index (Phi) is 7.36. The second-order valence-corrected chi connectivity index (χ2v) is 4.87. The van der Waals surface area contributed by atoms with Crippen LogP contribution in [0.1, 0.15) is 25.8 Å². The van der Waals surface area contributed by atoms with E-state index in [1.165, 1.54) is 0 Å². The van der Waals surface area contributed by atoms with Gasteiger partial charge in [0.2, 0.25) is 5.75 Å². The lowest BCUT2D eigenvalue weighted by atomic mass is 10.1. The van der Waals surface area contributed by atoms with Crippen molar-refractivity contribution < 1.29 is 14.2 Å². The third-order valence-corrected chi connectivity index (χ3v) is 3.45. The van der Waals surface area contributed by atoms with E-state index in [-0.39, 0.29) is 0 Å². The predicted molar refractivity (Wildman–Crippen MR) is 89.2 cm³/mol. The van der Waals surface area contributed by atoms with E-state index in [2.05, 4.69) is 29.5 Å². The fraction of sp³-hybridized carbons (Fsp3) is 0.562. The smallest absolute Gasteiger partial charge is 0.203 e. The van der Waals surface area contributed by atoms with Crippen molar-refractivity contribution in [1.29, 1.82) is 0 Å². The van der Waals surface area contributed by atoms with E-state index in [1.54, 1.807) is 28.4 Å². The van der Waals surface area contributed by atoms with Gasteiger partial charge in [0.05, 0.1) is 21.3 Å². The molecule has 0 amide bonds. The van der Waals surface area contributed by atoms with Gasteiger partial charge >= 0.3 is 0 Å². The average Bonchev–Trinajstić information content (AvgIpc) is 2.56. The molecule has 0 bridgehead atoms. The summed E-state index contributed by atoms with van der Waals surface area (Å²) in [4.78, 5) is 4.22. The van der Waals surface area contributed by atoms with Crippen molar-refractivity contribution in [3.8, 4) is 17.2 Å². The van der Waals surface area contributed by atoms with Crippen LogP contribution in [0.4, 0.5) is 0 Å². The molecule has 0 heterocycles. The van der Waals surface area contributed by atoms with Crippen LogP contribution in [0.2, 0.25) is 0 Å². The van der Waals surface area contributed by atoms with Crippen LogP contribution < -0.4 is 24.8 Å². The molecule has 1 rings (SSSR count). The minimum Gasteiger partial charge on any atom is -0.493 e. The number of methoxy groups -OCH3 is 3. The van der Waals surface area contributed by atoms with Crippen LogP contribution in [-0.4, -0.2) is 40.4 Å². The standard InChI is InChI=1S/C16H27N3O3/c1-7-11(2)19-16(17-3)18-10-12-8-9-13(20-4)15(22-6)14(12)21-5/h8-9,11H,7,10H2,1-6H3,(H2,17,18,19). The molecule has 6 heteroatoms. The maximum atomic E-state index is 5.47. The average molecular weight is 309 g/mol. The summed E-state index contributed by atoms with van der Waals surface area (Å²) in [6.45, 7) is 4.81. The molecule has 0 aliphatic carbocycles. The lowest BCUT2D eigenvalue weighted by molar-refractivity contribution is 0.322. The van der Waals surface area contributed by atoms with Gasteiger partial charge in [0.25, 0.3) is 0 Å². The molecular formula is C16H27N3O3. The number of nitrogens with one attached hydrogen (secondary N) is 2. The quantitative estimate of drug-likeness (QED) is 0.597. The van der Waals surface area contributed by atoms with Gasteiger partial charge < -0.3 is 24.8 Å². The van der Waals surface area contributed by atoms with Gasteiger partial charge in [-0.15, -0.1) is 0 Å². The lowest BCUT2D eigenvalue weighted by Crippen LogP contribution is -2.41. The number of hydrogen-bond acceptors (Lipinski definition) is 4. The van der Waals surface area contributed by atoms with Gasteiger partial charge in [0.15, 0.2) is 17.5 Å². The number of ether oxygens (including phenoxy) is 3. The summed E-state index contributed by atoms with van der Waals surface area (Å²) in [6, 6.07) is 4.17. The second kappa shape index (κ2) is 9.02. The van der Waals surface area contributed by atoms with Crippen molar-refractivity contribution in [2.45, 2.75) is 32.9 Å². The first-order valence-electron chi connectivity index (χ1n) is 7.36. The fourth-order valence-corrected chi connectivity index (χ4v) is 2.01. The van der Waals surface area contributed by atoms with E-state index in [1.807, 2.05) is 12.1 Å². The van der Waals surface area contributed by atoms with Gasteiger partial charge in [-0.25, -0.2) is 0 Å². The van der Waals surface area contributed by atoms with Crippen LogP contribution in [-0.2, 0) is 6.54 Å².